The molecule has 0 saturated heterocycles. The van der Waals surface area contributed by atoms with Crippen LogP contribution in [-0.4, -0.2) is 21.7 Å². The van der Waals surface area contributed by atoms with E-state index in [1.165, 1.54) is 24.3 Å². The van der Waals surface area contributed by atoms with Gasteiger partial charge in [-0.25, -0.2) is 4.98 Å². The predicted molar refractivity (Wildman–Crippen MR) is 104 cm³/mol. The third-order valence-corrected chi connectivity index (χ3v) is 4.27. The minimum absolute atomic E-state index is 0.0652. The second kappa shape index (κ2) is 8.08. The zero-order valence-electron chi connectivity index (χ0n) is 13.6. The summed E-state index contributed by atoms with van der Waals surface area (Å²) in [4.78, 5) is 40.9. The highest BCUT2D eigenvalue weighted by molar-refractivity contribution is 7.96. The van der Waals surface area contributed by atoms with E-state index in [2.05, 4.69) is 17.6 Å². The van der Waals surface area contributed by atoms with Crippen LogP contribution in [0.3, 0.4) is 0 Å². The molecule has 136 valence electrons. The number of oxazole rings is 1. The molecule has 0 amide bonds. The topological polar surface area (TPSA) is 77.2 Å². The van der Waals surface area contributed by atoms with Crippen LogP contribution in [0.4, 0.5) is 0 Å². The summed E-state index contributed by atoms with van der Waals surface area (Å²) >= 11 is 15.4. The van der Waals surface area contributed by atoms with Crippen molar-refractivity contribution in [2.24, 2.45) is 0 Å². The molecule has 0 bridgehead atoms. The SMILES string of the molecule is O=C(S)Cc1nc(C(=O)c2ccc(Cl)cc2)c(C(=O)c2ccc(Cl)cc2)o1. The van der Waals surface area contributed by atoms with Crippen molar-refractivity contribution in [1.82, 2.24) is 4.98 Å². The van der Waals surface area contributed by atoms with Crippen molar-refractivity contribution in [3.63, 3.8) is 0 Å². The number of carbonyl (C=O) groups is 3. The number of benzene rings is 2. The van der Waals surface area contributed by atoms with Crippen LogP contribution < -0.4 is 0 Å². The van der Waals surface area contributed by atoms with Gasteiger partial charge in [0, 0.05) is 21.2 Å². The molecule has 3 rings (SSSR count). The average Bonchev–Trinajstić information content (AvgIpc) is 3.05. The largest absolute Gasteiger partial charge is 0.436 e. The Balaban J connectivity index is 2.05. The first-order valence-corrected chi connectivity index (χ1v) is 8.87. The highest BCUT2D eigenvalue weighted by Gasteiger charge is 2.27. The molecule has 0 atom stereocenters. The van der Waals surface area contributed by atoms with Crippen molar-refractivity contribution >= 4 is 52.5 Å². The Morgan fingerprint density at radius 1 is 0.852 bits per heavy atom. The van der Waals surface area contributed by atoms with Crippen molar-refractivity contribution in [2.45, 2.75) is 6.42 Å². The third-order valence-electron chi connectivity index (χ3n) is 3.61. The average molecular weight is 420 g/mol. The molecule has 0 spiro atoms. The first-order chi connectivity index (χ1) is 12.8. The van der Waals surface area contributed by atoms with Crippen LogP contribution in [0.25, 0.3) is 0 Å². The first-order valence-electron chi connectivity index (χ1n) is 7.67. The standard InChI is InChI=1S/C19H11Cl2NO4S/c20-12-5-1-10(2-6-12)17(24)16-19(26-14(22-16)9-15(23)27)18(25)11-3-7-13(21)8-4-11/h1-8H,9H2,(H,23,27). The summed E-state index contributed by atoms with van der Waals surface area (Å²) in [6.45, 7) is 0. The zero-order valence-corrected chi connectivity index (χ0v) is 16.0. The van der Waals surface area contributed by atoms with E-state index in [9.17, 15) is 14.4 Å². The first kappa shape index (κ1) is 19.4. The summed E-state index contributed by atoms with van der Waals surface area (Å²) in [5.41, 5.74) is 0.368. The van der Waals surface area contributed by atoms with Crippen molar-refractivity contribution in [1.29, 1.82) is 0 Å². The molecule has 0 aliphatic heterocycles. The Morgan fingerprint density at radius 3 is 1.81 bits per heavy atom. The number of aromatic nitrogens is 1. The van der Waals surface area contributed by atoms with Crippen molar-refractivity contribution < 1.29 is 18.8 Å². The monoisotopic (exact) mass is 419 g/mol. The summed E-state index contributed by atoms with van der Waals surface area (Å²) in [5, 5.41) is 0.417. The van der Waals surface area contributed by atoms with Crippen LogP contribution in [0.2, 0.25) is 10.0 Å². The highest BCUT2D eigenvalue weighted by atomic mass is 35.5. The second-order valence-electron chi connectivity index (χ2n) is 5.53. The number of halogens is 2. The van der Waals surface area contributed by atoms with E-state index >= 15 is 0 Å². The Labute approximate surface area is 169 Å². The number of ketones is 2. The molecule has 1 aromatic heterocycles. The lowest BCUT2D eigenvalue weighted by molar-refractivity contribution is -0.110. The van der Waals surface area contributed by atoms with Gasteiger partial charge in [0.2, 0.25) is 23.2 Å². The van der Waals surface area contributed by atoms with Gasteiger partial charge in [0.1, 0.15) is 0 Å². The molecule has 0 aliphatic rings. The number of hydrogen-bond donors (Lipinski definition) is 1. The highest BCUT2D eigenvalue weighted by Crippen LogP contribution is 2.22. The van der Waals surface area contributed by atoms with Crippen LogP contribution in [0.15, 0.2) is 52.9 Å². The second-order valence-corrected chi connectivity index (χ2v) is 6.90. The molecule has 8 heteroatoms. The third kappa shape index (κ3) is 4.47. The van der Waals surface area contributed by atoms with Gasteiger partial charge in [-0.15, -0.1) is 12.6 Å². The van der Waals surface area contributed by atoms with Crippen molar-refractivity contribution in [3.05, 3.63) is 87.0 Å². The molecule has 0 aliphatic carbocycles. The van der Waals surface area contributed by atoms with Gasteiger partial charge in [-0.05, 0) is 48.5 Å². The van der Waals surface area contributed by atoms with Gasteiger partial charge in [-0.3, -0.25) is 14.4 Å². The van der Waals surface area contributed by atoms with E-state index in [4.69, 9.17) is 27.6 Å². The fourth-order valence-corrected chi connectivity index (χ4v) is 2.73. The molecular formula is C19H11Cl2NO4S. The van der Waals surface area contributed by atoms with Gasteiger partial charge in [0.15, 0.2) is 10.8 Å². The van der Waals surface area contributed by atoms with Crippen molar-refractivity contribution in [2.75, 3.05) is 0 Å². The predicted octanol–water partition coefficient (Wildman–Crippen LogP) is 4.44. The Hall–Kier alpha value is -2.41. The smallest absolute Gasteiger partial charge is 0.230 e. The van der Waals surface area contributed by atoms with E-state index in [0.29, 0.717) is 10.0 Å². The van der Waals surface area contributed by atoms with Gasteiger partial charge in [-0.2, -0.15) is 0 Å². The van der Waals surface area contributed by atoms with Crippen LogP contribution in [0, 0.1) is 0 Å². The lowest BCUT2D eigenvalue weighted by Crippen LogP contribution is -2.10. The fourth-order valence-electron chi connectivity index (χ4n) is 2.35. The lowest BCUT2D eigenvalue weighted by atomic mass is 10.0. The molecule has 2 aromatic carbocycles. The quantitative estimate of drug-likeness (QED) is 0.471. The fraction of sp³-hybridized carbons (Fsp3) is 0.0526. The molecule has 0 radical (unpaired) electrons. The summed E-state index contributed by atoms with van der Waals surface area (Å²) in [6, 6.07) is 12.2. The summed E-state index contributed by atoms with van der Waals surface area (Å²) < 4.78 is 5.43. The Bertz CT molecular complexity index is 952. The number of carbonyl (C=O) groups excluding carboxylic acids is 3. The van der Waals surface area contributed by atoms with Crippen molar-refractivity contribution in [3.8, 4) is 0 Å². The summed E-state index contributed by atoms with van der Waals surface area (Å²) in [5.74, 6) is -1.38. The van der Waals surface area contributed by atoms with E-state index in [1.807, 2.05) is 0 Å². The van der Waals surface area contributed by atoms with Crippen LogP contribution in [0.1, 0.15) is 38.1 Å². The van der Waals surface area contributed by atoms with Crippen LogP contribution >= 0.6 is 35.8 Å². The summed E-state index contributed by atoms with van der Waals surface area (Å²) in [7, 11) is 0. The van der Waals surface area contributed by atoms with Crippen LogP contribution in [0.5, 0.6) is 0 Å². The molecular weight excluding hydrogens is 409 g/mol. The Kier molecular flexibility index (Phi) is 5.79. The van der Waals surface area contributed by atoms with Gasteiger partial charge in [0.05, 0.1) is 6.42 Å². The molecule has 5 nitrogen and oxygen atoms in total. The summed E-state index contributed by atoms with van der Waals surface area (Å²) in [6.07, 6.45) is -0.252. The van der Waals surface area contributed by atoms with Gasteiger partial charge in [0.25, 0.3) is 0 Å². The number of thiol groups is 1. The zero-order chi connectivity index (χ0) is 19.6. The molecule has 27 heavy (non-hydrogen) atoms. The maximum atomic E-state index is 12.8. The van der Waals surface area contributed by atoms with E-state index in [1.54, 1.807) is 24.3 Å². The number of rotatable bonds is 6. The molecule has 0 fully saturated rings. The van der Waals surface area contributed by atoms with E-state index in [0.717, 1.165) is 0 Å². The molecule has 1 heterocycles. The van der Waals surface area contributed by atoms with Gasteiger partial charge in [-0.1, -0.05) is 23.2 Å². The maximum absolute atomic E-state index is 12.8. The normalized spacial score (nSPS) is 10.6. The molecule has 0 saturated carbocycles. The van der Waals surface area contributed by atoms with E-state index in [-0.39, 0.29) is 34.9 Å². The lowest BCUT2D eigenvalue weighted by Gasteiger charge is -2.02. The molecule has 0 unspecified atom stereocenters. The number of nitrogens with zero attached hydrogens (tertiary/aromatic N) is 1. The minimum atomic E-state index is -0.547. The van der Waals surface area contributed by atoms with E-state index < -0.39 is 16.7 Å². The number of hydrogen-bond acceptors (Lipinski definition) is 5. The van der Waals surface area contributed by atoms with Gasteiger partial charge < -0.3 is 4.42 Å². The van der Waals surface area contributed by atoms with Gasteiger partial charge >= 0.3 is 0 Å². The Morgan fingerprint density at radius 2 is 1.33 bits per heavy atom. The minimum Gasteiger partial charge on any atom is -0.436 e. The maximum Gasteiger partial charge on any atom is 0.230 e. The molecule has 0 N–H and O–H groups in total. The van der Waals surface area contributed by atoms with Crippen LogP contribution in [-0.2, 0) is 11.2 Å². The molecule has 3 aromatic rings.